The van der Waals surface area contributed by atoms with Gasteiger partial charge in [0.15, 0.2) is 17.7 Å². The average molecular weight is 662 g/mol. The van der Waals surface area contributed by atoms with Gasteiger partial charge in [-0.3, -0.25) is 5.43 Å². The van der Waals surface area contributed by atoms with Crippen molar-refractivity contribution in [1.82, 2.24) is 20.6 Å². The fourth-order valence-electron chi connectivity index (χ4n) is 6.24. The molecule has 6 rings (SSSR count). The topological polar surface area (TPSA) is 135 Å². The third kappa shape index (κ3) is 6.93. The largest absolute Gasteiger partial charge is 0.490 e. The number of hydrazone groups is 1. The number of amides is 2. The lowest BCUT2D eigenvalue weighted by Gasteiger charge is -2.28. The number of aliphatic hydroxyl groups excluding tert-OH is 1. The van der Waals surface area contributed by atoms with E-state index in [0.29, 0.717) is 35.9 Å². The van der Waals surface area contributed by atoms with Crippen LogP contribution in [-0.2, 0) is 16.1 Å². The summed E-state index contributed by atoms with van der Waals surface area (Å²) in [6.45, 7) is 6.47. The Labute approximate surface area is 284 Å². The molecule has 0 radical (unpaired) electrons. The van der Waals surface area contributed by atoms with Crippen molar-refractivity contribution in [3.8, 4) is 11.5 Å². The Morgan fingerprint density at radius 2 is 1.76 bits per heavy atom. The Morgan fingerprint density at radius 3 is 2.55 bits per heavy atom. The molecular formula is C38H39N5O6. The van der Waals surface area contributed by atoms with Crippen molar-refractivity contribution in [3.05, 3.63) is 119 Å². The van der Waals surface area contributed by atoms with Gasteiger partial charge in [-0.25, -0.2) is 9.59 Å². The van der Waals surface area contributed by atoms with E-state index >= 15 is 0 Å². The summed E-state index contributed by atoms with van der Waals surface area (Å²) < 4.78 is 19.0. The highest BCUT2D eigenvalue weighted by molar-refractivity contribution is 6.01. The molecule has 2 heterocycles. The number of fused-ring (bicyclic) bond motifs is 2. The Bertz CT molecular complexity index is 2080. The van der Waals surface area contributed by atoms with Gasteiger partial charge in [0, 0.05) is 34.4 Å². The first-order chi connectivity index (χ1) is 23.8. The molecule has 4 N–H and O–H groups in total. The number of esters is 1. The van der Waals surface area contributed by atoms with E-state index in [1.165, 1.54) is 23.4 Å². The number of hydrogen-bond donors (Lipinski definition) is 4. The minimum absolute atomic E-state index is 0.130. The number of urea groups is 1. The van der Waals surface area contributed by atoms with Crippen molar-refractivity contribution in [2.45, 2.75) is 39.6 Å². The number of methoxy groups -OCH3 is 1. The van der Waals surface area contributed by atoms with Crippen LogP contribution in [0.5, 0.6) is 11.5 Å². The van der Waals surface area contributed by atoms with E-state index in [0.717, 1.165) is 22.2 Å². The molecule has 0 spiro atoms. The van der Waals surface area contributed by atoms with Gasteiger partial charge in [-0.2, -0.15) is 5.10 Å². The molecule has 0 fully saturated rings. The maximum atomic E-state index is 12.5. The first-order valence-corrected chi connectivity index (χ1v) is 16.1. The van der Waals surface area contributed by atoms with Gasteiger partial charge < -0.3 is 34.5 Å². The van der Waals surface area contributed by atoms with Gasteiger partial charge in [-0.15, -0.1) is 0 Å². The van der Waals surface area contributed by atoms with Crippen molar-refractivity contribution in [2.24, 2.45) is 5.10 Å². The van der Waals surface area contributed by atoms with Gasteiger partial charge in [0.05, 0.1) is 31.5 Å². The third-order valence-corrected chi connectivity index (χ3v) is 8.58. The molecule has 1 aliphatic rings. The zero-order valence-corrected chi connectivity index (χ0v) is 27.8. The second-order valence-corrected chi connectivity index (χ2v) is 11.7. The first-order valence-electron chi connectivity index (χ1n) is 16.1. The Hall–Kier alpha value is -5.81. The second-order valence-electron chi connectivity index (χ2n) is 11.7. The summed E-state index contributed by atoms with van der Waals surface area (Å²) in [6, 6.07) is 26.9. The summed E-state index contributed by atoms with van der Waals surface area (Å²) >= 11 is 0. The van der Waals surface area contributed by atoms with Gasteiger partial charge in [0.2, 0.25) is 0 Å². The molecule has 0 saturated heterocycles. The molecule has 1 aliphatic heterocycles. The number of aromatic nitrogens is 1. The van der Waals surface area contributed by atoms with Crippen LogP contribution in [0.25, 0.3) is 21.7 Å². The Morgan fingerprint density at radius 1 is 1.00 bits per heavy atom. The molecule has 1 aromatic heterocycles. The molecular weight excluding hydrogens is 622 g/mol. The molecule has 49 heavy (non-hydrogen) atoms. The molecule has 0 bridgehead atoms. The lowest BCUT2D eigenvalue weighted by molar-refractivity contribution is -0.136. The van der Waals surface area contributed by atoms with Crippen LogP contribution in [-0.4, -0.2) is 54.4 Å². The second kappa shape index (κ2) is 14.5. The zero-order valence-electron chi connectivity index (χ0n) is 27.8. The molecule has 4 aromatic carbocycles. The fourth-order valence-corrected chi connectivity index (χ4v) is 6.24. The minimum Gasteiger partial charge on any atom is -0.490 e. The number of benzene rings is 4. The SMILES string of the molecule is CCOc1cc([C@@H]2NC(=O)NC(C)=C2C(=O)OC)ccc1OC[C@H](O)N/N=C/c1c(C)n(Cc2cccc3ccccc23)c2ccccc12. The van der Waals surface area contributed by atoms with Gasteiger partial charge in [-0.05, 0) is 60.9 Å². The van der Waals surface area contributed by atoms with Crippen LogP contribution >= 0.6 is 0 Å². The van der Waals surface area contributed by atoms with Crippen LogP contribution in [0, 0.1) is 6.92 Å². The first kappa shape index (κ1) is 33.1. The van der Waals surface area contributed by atoms with E-state index in [4.69, 9.17) is 14.2 Å². The lowest BCUT2D eigenvalue weighted by atomic mass is 9.95. The van der Waals surface area contributed by atoms with Crippen LogP contribution in [0.1, 0.15) is 42.3 Å². The maximum Gasteiger partial charge on any atom is 0.337 e. The molecule has 0 aliphatic carbocycles. The number of nitrogens with one attached hydrogen (secondary N) is 3. The predicted octanol–water partition coefficient (Wildman–Crippen LogP) is 5.67. The smallest absolute Gasteiger partial charge is 0.337 e. The number of carbonyl (C=O) groups is 2. The summed E-state index contributed by atoms with van der Waals surface area (Å²) in [6.07, 6.45) is 0.595. The number of hydrogen-bond acceptors (Lipinski definition) is 8. The number of rotatable bonds is 12. The van der Waals surface area contributed by atoms with Crippen molar-refractivity contribution in [3.63, 3.8) is 0 Å². The van der Waals surface area contributed by atoms with Gasteiger partial charge in [-0.1, -0.05) is 66.7 Å². The summed E-state index contributed by atoms with van der Waals surface area (Å²) in [5.74, 6) is 0.205. The minimum atomic E-state index is -1.13. The Kier molecular flexibility index (Phi) is 9.82. The number of allylic oxidation sites excluding steroid dienone is 1. The van der Waals surface area contributed by atoms with E-state index < -0.39 is 24.3 Å². The van der Waals surface area contributed by atoms with Crippen molar-refractivity contribution in [2.75, 3.05) is 20.3 Å². The average Bonchev–Trinajstić information content (AvgIpc) is 3.37. The normalized spacial score (nSPS) is 15.3. The molecule has 2 atom stereocenters. The molecule has 5 aromatic rings. The standard InChI is InChI=1S/C38H39N5O6/c1-5-48-33-19-26(36-35(37(45)47-4)23(2)40-38(46)41-36)17-18-32(33)49-22-34(44)42-39-20-30-24(3)43(31-16-9-8-15-29(30)31)21-27-13-10-12-25-11-6-7-14-28(25)27/h6-20,34,36,42,44H,5,21-22H2,1-4H3,(H2,40,41,46)/b39-20+/t34-,36-/m0/s1. The lowest BCUT2D eigenvalue weighted by Crippen LogP contribution is -2.45. The molecule has 2 amide bonds. The molecule has 11 heteroatoms. The molecule has 11 nitrogen and oxygen atoms in total. The monoisotopic (exact) mass is 661 g/mol. The number of aliphatic hydroxyl groups is 1. The highest BCUT2D eigenvalue weighted by Crippen LogP contribution is 2.35. The zero-order chi connectivity index (χ0) is 34.5. The summed E-state index contributed by atoms with van der Waals surface area (Å²) in [5, 5.41) is 24.0. The van der Waals surface area contributed by atoms with Gasteiger partial charge in [0.1, 0.15) is 6.61 Å². The molecule has 252 valence electrons. The number of ether oxygens (including phenoxy) is 3. The van der Waals surface area contributed by atoms with Crippen LogP contribution in [0.4, 0.5) is 4.79 Å². The predicted molar refractivity (Wildman–Crippen MR) is 189 cm³/mol. The van der Waals surface area contributed by atoms with Crippen LogP contribution in [0.3, 0.4) is 0 Å². The van der Waals surface area contributed by atoms with Crippen LogP contribution in [0.15, 0.2) is 101 Å². The number of carbonyl (C=O) groups excluding carboxylic acids is 2. The van der Waals surface area contributed by atoms with E-state index in [1.807, 2.05) is 19.1 Å². The van der Waals surface area contributed by atoms with Gasteiger partial charge in [0.25, 0.3) is 0 Å². The maximum absolute atomic E-state index is 12.5. The number of nitrogens with zero attached hydrogens (tertiary/aromatic N) is 2. The highest BCUT2D eigenvalue weighted by Gasteiger charge is 2.32. The van der Waals surface area contributed by atoms with Crippen LogP contribution < -0.4 is 25.5 Å². The van der Waals surface area contributed by atoms with E-state index in [9.17, 15) is 14.7 Å². The van der Waals surface area contributed by atoms with E-state index in [2.05, 4.69) is 87.2 Å². The molecule has 0 unspecified atom stereocenters. The number of para-hydroxylation sites is 1. The van der Waals surface area contributed by atoms with Crippen molar-refractivity contribution in [1.29, 1.82) is 0 Å². The highest BCUT2D eigenvalue weighted by atomic mass is 16.5. The summed E-state index contributed by atoms with van der Waals surface area (Å²) in [7, 11) is 1.29. The summed E-state index contributed by atoms with van der Waals surface area (Å²) in [5.41, 5.74) is 8.37. The quantitative estimate of drug-likeness (QED) is 0.0586. The van der Waals surface area contributed by atoms with Gasteiger partial charge >= 0.3 is 12.0 Å². The Balaban J connectivity index is 1.16. The van der Waals surface area contributed by atoms with Crippen molar-refractivity contribution < 1.29 is 28.9 Å². The van der Waals surface area contributed by atoms with Crippen LogP contribution in [0.2, 0.25) is 0 Å². The summed E-state index contributed by atoms with van der Waals surface area (Å²) in [4.78, 5) is 24.8. The third-order valence-electron chi connectivity index (χ3n) is 8.58. The van der Waals surface area contributed by atoms with E-state index in [-0.39, 0.29) is 12.2 Å². The fraction of sp³-hybridized carbons (Fsp3) is 0.237. The van der Waals surface area contributed by atoms with E-state index in [1.54, 1.807) is 31.3 Å². The molecule has 0 saturated carbocycles. The van der Waals surface area contributed by atoms with Crippen molar-refractivity contribution >= 4 is 39.9 Å².